The monoisotopic (exact) mass is 138 g/mol. The topological polar surface area (TPSA) is 76.2 Å². The van der Waals surface area contributed by atoms with Gasteiger partial charge in [-0.1, -0.05) is 0 Å². The van der Waals surface area contributed by atoms with Gasteiger partial charge in [-0.05, 0) is 0 Å². The molecular formula is C6H6N2O2. The molecule has 1 aromatic rings. The van der Waals surface area contributed by atoms with E-state index in [4.69, 9.17) is 10.8 Å². The van der Waals surface area contributed by atoms with Crippen molar-refractivity contribution in [2.75, 3.05) is 5.73 Å². The largest absolute Gasteiger partial charge is 0.505 e. The maximum absolute atomic E-state index is 10.2. The van der Waals surface area contributed by atoms with Crippen LogP contribution in [-0.2, 0) is 0 Å². The molecule has 0 saturated carbocycles. The van der Waals surface area contributed by atoms with Crippen molar-refractivity contribution in [1.29, 1.82) is 0 Å². The first-order valence-electron chi connectivity index (χ1n) is 2.63. The first-order valence-corrected chi connectivity index (χ1v) is 2.63. The summed E-state index contributed by atoms with van der Waals surface area (Å²) in [5.41, 5.74) is 5.56. The molecule has 1 aromatic heterocycles. The van der Waals surface area contributed by atoms with Crippen LogP contribution in [0.15, 0.2) is 12.4 Å². The maximum Gasteiger partial charge on any atom is 0.155 e. The van der Waals surface area contributed by atoms with Crippen LogP contribution in [0.5, 0.6) is 5.75 Å². The lowest BCUT2D eigenvalue weighted by Gasteiger charge is -1.97. The molecule has 0 saturated heterocycles. The molecule has 0 fully saturated rings. The number of aromatic hydroxyl groups is 1. The highest BCUT2D eigenvalue weighted by Crippen LogP contribution is 2.17. The Morgan fingerprint density at radius 3 is 2.70 bits per heavy atom. The molecule has 0 amide bonds. The molecule has 0 aliphatic heterocycles. The van der Waals surface area contributed by atoms with Crippen LogP contribution in [0, 0.1) is 0 Å². The zero-order valence-electron chi connectivity index (χ0n) is 5.11. The molecule has 0 radical (unpaired) electrons. The van der Waals surface area contributed by atoms with Gasteiger partial charge in [0.2, 0.25) is 0 Å². The summed E-state index contributed by atoms with van der Waals surface area (Å²) in [4.78, 5) is 13.7. The number of hydrogen-bond donors (Lipinski definition) is 2. The Hall–Kier alpha value is -1.58. The molecule has 0 aliphatic rings. The van der Waals surface area contributed by atoms with Gasteiger partial charge in [-0.15, -0.1) is 0 Å². The lowest BCUT2D eigenvalue weighted by Crippen LogP contribution is -1.93. The van der Waals surface area contributed by atoms with Crippen LogP contribution in [0.3, 0.4) is 0 Å². The molecule has 0 spiro atoms. The Morgan fingerprint density at radius 2 is 2.30 bits per heavy atom. The second-order valence-electron chi connectivity index (χ2n) is 1.78. The molecule has 4 heteroatoms. The van der Waals surface area contributed by atoms with E-state index in [9.17, 15) is 4.79 Å². The highest BCUT2D eigenvalue weighted by Gasteiger charge is 2.02. The molecule has 52 valence electrons. The van der Waals surface area contributed by atoms with Crippen molar-refractivity contribution >= 4 is 12.0 Å². The number of nitrogen functional groups attached to an aromatic ring is 1. The lowest BCUT2D eigenvalue weighted by molar-refractivity contribution is 0.112. The number of aldehydes is 1. The predicted molar refractivity (Wildman–Crippen MR) is 35.7 cm³/mol. The number of anilines is 1. The average Bonchev–Trinajstić information content (AvgIpc) is 1.88. The quantitative estimate of drug-likeness (QED) is 0.543. The van der Waals surface area contributed by atoms with Gasteiger partial charge in [-0.3, -0.25) is 9.78 Å². The number of carbonyl (C=O) groups is 1. The summed E-state index contributed by atoms with van der Waals surface area (Å²) < 4.78 is 0. The summed E-state index contributed by atoms with van der Waals surface area (Å²) in [6.45, 7) is 0. The standard InChI is InChI=1S/C6H6N2O2/c7-5-1-8-2-6(10)4(5)3-9/h1-3,10H,7H2. The van der Waals surface area contributed by atoms with E-state index in [1.807, 2.05) is 0 Å². The summed E-state index contributed by atoms with van der Waals surface area (Å²) in [6.07, 6.45) is 2.97. The van der Waals surface area contributed by atoms with Crippen molar-refractivity contribution in [2.24, 2.45) is 0 Å². The van der Waals surface area contributed by atoms with Gasteiger partial charge >= 0.3 is 0 Å². The van der Waals surface area contributed by atoms with E-state index in [0.29, 0.717) is 6.29 Å². The zero-order chi connectivity index (χ0) is 7.56. The highest BCUT2D eigenvalue weighted by atomic mass is 16.3. The van der Waals surface area contributed by atoms with E-state index >= 15 is 0 Å². The van der Waals surface area contributed by atoms with Crippen molar-refractivity contribution in [3.05, 3.63) is 18.0 Å². The first-order chi connectivity index (χ1) is 4.75. The van der Waals surface area contributed by atoms with Crippen LogP contribution in [0.25, 0.3) is 0 Å². The number of nitrogens with two attached hydrogens (primary N) is 1. The van der Waals surface area contributed by atoms with Gasteiger partial charge in [-0.2, -0.15) is 0 Å². The summed E-state index contributed by atoms with van der Waals surface area (Å²) in [5.74, 6) is -0.185. The highest BCUT2D eigenvalue weighted by molar-refractivity contribution is 5.86. The van der Waals surface area contributed by atoms with Gasteiger partial charge in [0.15, 0.2) is 6.29 Å². The van der Waals surface area contributed by atoms with Gasteiger partial charge < -0.3 is 10.8 Å². The van der Waals surface area contributed by atoms with E-state index in [-0.39, 0.29) is 17.0 Å². The van der Waals surface area contributed by atoms with Crippen LogP contribution >= 0.6 is 0 Å². The van der Waals surface area contributed by atoms with Crippen molar-refractivity contribution in [3.8, 4) is 5.75 Å². The fourth-order valence-electron chi connectivity index (χ4n) is 0.604. The molecule has 3 N–H and O–H groups in total. The van der Waals surface area contributed by atoms with Crippen LogP contribution < -0.4 is 5.73 Å². The maximum atomic E-state index is 10.2. The summed E-state index contributed by atoms with van der Waals surface area (Å²) in [7, 11) is 0. The molecule has 0 aliphatic carbocycles. The minimum Gasteiger partial charge on any atom is -0.505 e. The Bertz CT molecular complexity index is 240. The second kappa shape index (κ2) is 2.34. The zero-order valence-corrected chi connectivity index (χ0v) is 5.11. The number of aromatic nitrogens is 1. The van der Waals surface area contributed by atoms with E-state index in [1.165, 1.54) is 12.4 Å². The summed E-state index contributed by atoms with van der Waals surface area (Å²) in [5, 5.41) is 8.92. The van der Waals surface area contributed by atoms with E-state index in [1.54, 1.807) is 0 Å². The van der Waals surface area contributed by atoms with Crippen LogP contribution in [0.4, 0.5) is 5.69 Å². The van der Waals surface area contributed by atoms with Crippen LogP contribution in [0.1, 0.15) is 10.4 Å². The first kappa shape index (κ1) is 6.54. The summed E-state index contributed by atoms with van der Waals surface area (Å²) >= 11 is 0. The smallest absolute Gasteiger partial charge is 0.155 e. The van der Waals surface area contributed by atoms with Gasteiger partial charge in [0, 0.05) is 0 Å². The minimum atomic E-state index is -0.185. The molecule has 0 bridgehead atoms. The number of carbonyl (C=O) groups excluding carboxylic acids is 1. The van der Waals surface area contributed by atoms with E-state index < -0.39 is 0 Å². The molecule has 0 unspecified atom stereocenters. The third-order valence-electron chi connectivity index (χ3n) is 1.12. The minimum absolute atomic E-state index is 0.0926. The predicted octanol–water partition coefficient (Wildman–Crippen LogP) is 0.182. The van der Waals surface area contributed by atoms with Crippen molar-refractivity contribution in [1.82, 2.24) is 4.98 Å². The Morgan fingerprint density at radius 1 is 1.60 bits per heavy atom. The number of hydrogen-bond acceptors (Lipinski definition) is 4. The SMILES string of the molecule is Nc1cncc(O)c1C=O. The Labute approximate surface area is 57.3 Å². The van der Waals surface area contributed by atoms with E-state index in [0.717, 1.165) is 0 Å². The molecule has 0 aromatic carbocycles. The average molecular weight is 138 g/mol. The number of rotatable bonds is 1. The fraction of sp³-hybridized carbons (Fsp3) is 0. The molecule has 1 rings (SSSR count). The van der Waals surface area contributed by atoms with Crippen LogP contribution in [-0.4, -0.2) is 16.4 Å². The lowest BCUT2D eigenvalue weighted by atomic mass is 10.2. The van der Waals surface area contributed by atoms with Crippen molar-refractivity contribution in [2.45, 2.75) is 0 Å². The molecule has 1 heterocycles. The van der Waals surface area contributed by atoms with Gasteiger partial charge in [-0.25, -0.2) is 0 Å². The van der Waals surface area contributed by atoms with Crippen molar-refractivity contribution in [3.63, 3.8) is 0 Å². The van der Waals surface area contributed by atoms with Gasteiger partial charge in [0.05, 0.1) is 23.6 Å². The third-order valence-corrected chi connectivity index (χ3v) is 1.12. The number of nitrogens with zero attached hydrogens (tertiary/aromatic N) is 1. The Kier molecular flexibility index (Phi) is 1.53. The van der Waals surface area contributed by atoms with Gasteiger partial charge in [0.1, 0.15) is 5.75 Å². The normalized spacial score (nSPS) is 9.20. The fourth-order valence-corrected chi connectivity index (χ4v) is 0.604. The Balaban J connectivity index is 3.30. The van der Waals surface area contributed by atoms with E-state index in [2.05, 4.69) is 4.98 Å². The summed E-state index contributed by atoms with van der Waals surface area (Å²) in [6, 6.07) is 0. The molecule has 10 heavy (non-hydrogen) atoms. The third kappa shape index (κ3) is 0.907. The number of pyridine rings is 1. The molecular weight excluding hydrogens is 132 g/mol. The van der Waals surface area contributed by atoms with Crippen LogP contribution in [0.2, 0.25) is 0 Å². The molecule has 0 atom stereocenters. The van der Waals surface area contributed by atoms with Gasteiger partial charge in [0.25, 0.3) is 0 Å². The second-order valence-corrected chi connectivity index (χ2v) is 1.78. The molecule has 4 nitrogen and oxygen atoms in total. The van der Waals surface area contributed by atoms with Crippen molar-refractivity contribution < 1.29 is 9.90 Å².